The average Bonchev–Trinajstić information content (AvgIpc) is 3.04. The van der Waals surface area contributed by atoms with Gasteiger partial charge in [-0.1, -0.05) is 41.4 Å². The Morgan fingerprint density at radius 1 is 1.21 bits per heavy atom. The number of fused-ring (bicyclic) bond motifs is 3. The van der Waals surface area contributed by atoms with Gasteiger partial charge in [0.15, 0.2) is 11.5 Å². The van der Waals surface area contributed by atoms with Crippen molar-refractivity contribution in [3.63, 3.8) is 0 Å². The van der Waals surface area contributed by atoms with E-state index in [2.05, 4.69) is 17.5 Å². The van der Waals surface area contributed by atoms with E-state index < -0.39 is 0 Å². The van der Waals surface area contributed by atoms with Crippen molar-refractivity contribution in [2.24, 2.45) is 5.92 Å². The number of benzene rings is 2. The number of anilines is 1. The van der Waals surface area contributed by atoms with Crippen LogP contribution in [-0.2, 0) is 0 Å². The monoisotopic (exact) mass is 361 g/mol. The highest BCUT2D eigenvalue weighted by molar-refractivity contribution is 6.36. The molecule has 3 atom stereocenters. The van der Waals surface area contributed by atoms with Crippen molar-refractivity contribution in [3.8, 4) is 11.5 Å². The molecule has 0 spiro atoms. The second-order valence-electron chi connectivity index (χ2n) is 6.26. The Balaban J connectivity index is 1.80. The average molecular weight is 362 g/mol. The van der Waals surface area contributed by atoms with Gasteiger partial charge in [0.25, 0.3) is 0 Å². The molecule has 0 saturated carbocycles. The summed E-state index contributed by atoms with van der Waals surface area (Å²) in [6, 6.07) is 9.36. The first-order valence-corrected chi connectivity index (χ1v) is 8.63. The summed E-state index contributed by atoms with van der Waals surface area (Å²) in [5.74, 6) is 1.25. The van der Waals surface area contributed by atoms with E-state index in [-0.39, 0.29) is 17.7 Å². The minimum atomic E-state index is 0.0629. The zero-order valence-electron chi connectivity index (χ0n) is 13.1. The number of phenols is 1. The van der Waals surface area contributed by atoms with Crippen LogP contribution in [0.2, 0.25) is 10.0 Å². The Morgan fingerprint density at radius 2 is 2.04 bits per heavy atom. The highest BCUT2D eigenvalue weighted by atomic mass is 35.5. The summed E-state index contributed by atoms with van der Waals surface area (Å²) in [4.78, 5) is 0. The summed E-state index contributed by atoms with van der Waals surface area (Å²) in [6.07, 6.45) is 5.41. The maximum atomic E-state index is 10.1. The first kappa shape index (κ1) is 15.7. The number of hydrogen-bond acceptors (Lipinski definition) is 3. The van der Waals surface area contributed by atoms with Gasteiger partial charge in [-0.3, -0.25) is 0 Å². The van der Waals surface area contributed by atoms with E-state index in [1.54, 1.807) is 25.3 Å². The van der Waals surface area contributed by atoms with Crippen molar-refractivity contribution >= 4 is 28.9 Å². The van der Waals surface area contributed by atoms with Gasteiger partial charge < -0.3 is 15.2 Å². The van der Waals surface area contributed by atoms with Gasteiger partial charge in [0.05, 0.1) is 23.9 Å². The number of ether oxygens (including phenoxy) is 1. The Kier molecular flexibility index (Phi) is 3.86. The summed E-state index contributed by atoms with van der Waals surface area (Å²) in [5.41, 5.74) is 3.08. The molecule has 0 bridgehead atoms. The zero-order chi connectivity index (χ0) is 16.8. The van der Waals surface area contributed by atoms with Crippen LogP contribution in [0.5, 0.6) is 11.5 Å². The molecule has 3 nitrogen and oxygen atoms in total. The van der Waals surface area contributed by atoms with E-state index in [0.29, 0.717) is 21.7 Å². The number of phenolic OH excluding ortho intramolecular Hbond substituents is 1. The Labute approximate surface area is 150 Å². The van der Waals surface area contributed by atoms with Gasteiger partial charge in [0, 0.05) is 10.9 Å². The zero-order valence-corrected chi connectivity index (χ0v) is 14.6. The Hall–Kier alpha value is -1.84. The van der Waals surface area contributed by atoms with Crippen LogP contribution >= 0.6 is 23.2 Å². The standard InChI is InChI=1S/C19H17Cl2NO2/c1-24-17-6-5-10(7-16(17)23)18-13-4-2-3-12(13)14-8-11(20)9-15(21)19(14)22-18/h2-3,5-9,12-13,18,22-23H,4H2,1H3. The summed E-state index contributed by atoms with van der Waals surface area (Å²) in [6.45, 7) is 0. The molecule has 0 fully saturated rings. The van der Waals surface area contributed by atoms with Crippen LogP contribution in [0.15, 0.2) is 42.5 Å². The van der Waals surface area contributed by atoms with E-state index in [1.807, 2.05) is 12.1 Å². The van der Waals surface area contributed by atoms with Gasteiger partial charge >= 0.3 is 0 Å². The second kappa shape index (κ2) is 5.91. The normalized spacial score (nSPS) is 24.2. The Bertz CT molecular complexity index is 834. The van der Waals surface area contributed by atoms with E-state index in [4.69, 9.17) is 27.9 Å². The van der Waals surface area contributed by atoms with Crippen LogP contribution in [-0.4, -0.2) is 12.2 Å². The fraction of sp³-hybridized carbons (Fsp3) is 0.263. The predicted molar refractivity (Wildman–Crippen MR) is 97.5 cm³/mol. The molecule has 1 aliphatic carbocycles. The predicted octanol–water partition coefficient (Wildman–Crippen LogP) is 5.53. The molecule has 0 saturated heterocycles. The molecule has 2 aromatic rings. The van der Waals surface area contributed by atoms with Crippen LogP contribution < -0.4 is 10.1 Å². The van der Waals surface area contributed by atoms with Crippen LogP contribution in [0.4, 0.5) is 5.69 Å². The molecule has 0 radical (unpaired) electrons. The molecular formula is C19H17Cl2NO2. The van der Waals surface area contributed by atoms with Crippen LogP contribution in [0.3, 0.4) is 0 Å². The van der Waals surface area contributed by atoms with Crippen molar-refractivity contribution in [3.05, 3.63) is 63.7 Å². The van der Waals surface area contributed by atoms with Crippen molar-refractivity contribution in [1.82, 2.24) is 0 Å². The lowest BCUT2D eigenvalue weighted by Crippen LogP contribution is -2.29. The lowest BCUT2D eigenvalue weighted by atomic mass is 9.77. The third-order valence-corrected chi connectivity index (χ3v) is 5.46. The van der Waals surface area contributed by atoms with Crippen molar-refractivity contribution < 1.29 is 9.84 Å². The molecule has 5 heteroatoms. The minimum absolute atomic E-state index is 0.0629. The van der Waals surface area contributed by atoms with Crippen molar-refractivity contribution in [1.29, 1.82) is 0 Å². The van der Waals surface area contributed by atoms with Gasteiger partial charge in [-0.05, 0) is 47.7 Å². The summed E-state index contributed by atoms with van der Waals surface area (Å²) in [5, 5.41) is 15.0. The van der Waals surface area contributed by atoms with Gasteiger partial charge in [0.1, 0.15) is 0 Å². The molecule has 2 aromatic carbocycles. The molecule has 3 unspecified atom stereocenters. The summed E-state index contributed by atoms with van der Waals surface area (Å²) < 4.78 is 5.14. The molecule has 2 aliphatic rings. The molecule has 124 valence electrons. The van der Waals surface area contributed by atoms with Gasteiger partial charge in [-0.15, -0.1) is 0 Å². The van der Waals surface area contributed by atoms with E-state index in [1.165, 1.54) is 0 Å². The van der Waals surface area contributed by atoms with Crippen LogP contribution in [0.25, 0.3) is 0 Å². The highest BCUT2D eigenvalue weighted by Gasteiger charge is 2.39. The lowest BCUT2D eigenvalue weighted by Gasteiger charge is -2.38. The third-order valence-electron chi connectivity index (χ3n) is 4.95. The number of aromatic hydroxyl groups is 1. The fourth-order valence-electron chi connectivity index (χ4n) is 3.85. The summed E-state index contributed by atoms with van der Waals surface area (Å²) >= 11 is 12.6. The minimum Gasteiger partial charge on any atom is -0.504 e. The molecule has 0 aromatic heterocycles. The smallest absolute Gasteiger partial charge is 0.160 e. The fourth-order valence-corrected chi connectivity index (χ4v) is 4.42. The number of nitrogens with one attached hydrogen (secondary N) is 1. The van der Waals surface area contributed by atoms with Gasteiger partial charge in [-0.25, -0.2) is 0 Å². The third kappa shape index (κ3) is 2.43. The van der Waals surface area contributed by atoms with Gasteiger partial charge in [0.2, 0.25) is 0 Å². The topological polar surface area (TPSA) is 41.5 Å². The molecule has 2 N–H and O–H groups in total. The lowest BCUT2D eigenvalue weighted by molar-refractivity contribution is 0.371. The van der Waals surface area contributed by atoms with Crippen LogP contribution in [0.1, 0.15) is 29.5 Å². The number of rotatable bonds is 2. The number of hydrogen-bond donors (Lipinski definition) is 2. The molecular weight excluding hydrogens is 345 g/mol. The quantitative estimate of drug-likeness (QED) is 0.690. The largest absolute Gasteiger partial charge is 0.504 e. The van der Waals surface area contributed by atoms with Crippen molar-refractivity contribution in [2.75, 3.05) is 12.4 Å². The number of methoxy groups -OCH3 is 1. The second-order valence-corrected chi connectivity index (χ2v) is 7.10. The number of halogens is 2. The molecule has 1 aliphatic heterocycles. The maximum Gasteiger partial charge on any atom is 0.160 e. The molecule has 24 heavy (non-hydrogen) atoms. The summed E-state index contributed by atoms with van der Waals surface area (Å²) in [7, 11) is 1.55. The molecule has 1 heterocycles. The first-order chi connectivity index (χ1) is 11.6. The van der Waals surface area contributed by atoms with Crippen LogP contribution in [0, 0.1) is 5.92 Å². The van der Waals surface area contributed by atoms with Gasteiger partial charge in [-0.2, -0.15) is 0 Å². The van der Waals surface area contributed by atoms with E-state index in [0.717, 1.165) is 23.2 Å². The maximum absolute atomic E-state index is 10.1. The first-order valence-electron chi connectivity index (χ1n) is 7.87. The van der Waals surface area contributed by atoms with Crippen molar-refractivity contribution in [2.45, 2.75) is 18.4 Å². The highest BCUT2D eigenvalue weighted by Crippen LogP contribution is 2.52. The SMILES string of the molecule is COc1ccc(C2Nc3c(Cl)cc(Cl)cc3C3C=CCC32)cc1O. The van der Waals surface area contributed by atoms with E-state index >= 15 is 0 Å². The Morgan fingerprint density at radius 3 is 2.79 bits per heavy atom. The van der Waals surface area contributed by atoms with E-state index in [9.17, 15) is 5.11 Å². The number of allylic oxidation sites excluding steroid dienone is 2. The molecule has 4 rings (SSSR count). The molecule has 0 amide bonds.